The first-order chi connectivity index (χ1) is 12.3. The second-order valence-electron chi connectivity index (χ2n) is 6.68. The highest BCUT2D eigenvalue weighted by atomic mass is 16.5. The van der Waals surface area contributed by atoms with Crippen molar-refractivity contribution >= 4 is 11.6 Å². The first-order valence-corrected chi connectivity index (χ1v) is 9.02. The molecule has 6 nitrogen and oxygen atoms in total. The zero-order valence-corrected chi connectivity index (χ0v) is 14.4. The minimum atomic E-state index is 0.116. The molecule has 0 unspecified atom stereocenters. The zero-order valence-electron chi connectivity index (χ0n) is 14.4. The lowest BCUT2D eigenvalue weighted by molar-refractivity contribution is 0.0673. The number of hydrogen-bond acceptors (Lipinski definition) is 4. The Morgan fingerprint density at radius 1 is 1.12 bits per heavy atom. The quantitative estimate of drug-likeness (QED) is 0.859. The van der Waals surface area contributed by atoms with Gasteiger partial charge < -0.3 is 14.5 Å². The summed E-state index contributed by atoms with van der Waals surface area (Å²) in [4.78, 5) is 17.1. The van der Waals surface area contributed by atoms with Crippen molar-refractivity contribution in [3.05, 3.63) is 48.3 Å². The molecule has 2 aromatic rings. The van der Waals surface area contributed by atoms with Gasteiger partial charge in [-0.2, -0.15) is 5.10 Å². The average molecular weight is 340 g/mol. The lowest BCUT2D eigenvalue weighted by Crippen LogP contribution is -2.41. The maximum absolute atomic E-state index is 12.9. The highest BCUT2D eigenvalue weighted by Gasteiger charge is 2.25. The van der Waals surface area contributed by atoms with E-state index in [0.29, 0.717) is 0 Å². The van der Waals surface area contributed by atoms with Crippen molar-refractivity contribution in [1.82, 2.24) is 14.7 Å². The Hall–Kier alpha value is -2.34. The van der Waals surface area contributed by atoms with Gasteiger partial charge in [0.1, 0.15) is 0 Å². The van der Waals surface area contributed by atoms with Crippen LogP contribution in [-0.4, -0.2) is 60.0 Å². The van der Waals surface area contributed by atoms with E-state index in [0.717, 1.165) is 63.5 Å². The molecule has 25 heavy (non-hydrogen) atoms. The molecule has 1 aromatic heterocycles. The third-order valence-electron chi connectivity index (χ3n) is 5.07. The Morgan fingerprint density at radius 2 is 1.92 bits per heavy atom. The molecule has 1 aromatic carbocycles. The molecule has 1 atom stereocenters. The fourth-order valence-corrected chi connectivity index (χ4v) is 3.67. The molecule has 6 heteroatoms. The summed E-state index contributed by atoms with van der Waals surface area (Å²) in [6.07, 6.45) is 5.87. The molecule has 0 radical (unpaired) electrons. The van der Waals surface area contributed by atoms with E-state index < -0.39 is 0 Å². The number of aromatic nitrogens is 2. The third-order valence-corrected chi connectivity index (χ3v) is 5.07. The van der Waals surface area contributed by atoms with Crippen molar-refractivity contribution in [2.75, 3.05) is 44.3 Å². The van der Waals surface area contributed by atoms with Crippen LogP contribution in [0.15, 0.2) is 42.7 Å². The van der Waals surface area contributed by atoms with Crippen LogP contribution in [0.4, 0.5) is 5.69 Å². The standard InChI is InChI=1S/C19H24N4O2/c24-19(22-9-1-3-18(15-22)23-10-2-8-20-23)16-4-6-17(7-5-16)21-11-13-25-14-12-21/h2,4-8,10,18H,1,3,9,11-15H2/t18-/m1/s1. The Balaban J connectivity index is 1.43. The van der Waals surface area contributed by atoms with Gasteiger partial charge >= 0.3 is 0 Å². The number of anilines is 1. The topological polar surface area (TPSA) is 50.6 Å². The molecule has 1 amide bonds. The normalized spacial score (nSPS) is 21.4. The van der Waals surface area contributed by atoms with Crippen molar-refractivity contribution in [2.24, 2.45) is 0 Å². The van der Waals surface area contributed by atoms with Crippen LogP contribution >= 0.6 is 0 Å². The van der Waals surface area contributed by atoms with Gasteiger partial charge in [0.25, 0.3) is 5.91 Å². The summed E-state index contributed by atoms with van der Waals surface area (Å²) in [5.41, 5.74) is 1.92. The molecule has 0 saturated carbocycles. The molecule has 0 N–H and O–H groups in total. The number of morpholine rings is 1. The molecule has 2 saturated heterocycles. The van der Waals surface area contributed by atoms with Crippen LogP contribution < -0.4 is 4.90 Å². The number of nitrogens with zero attached hydrogens (tertiary/aromatic N) is 4. The number of carbonyl (C=O) groups excluding carboxylic acids is 1. The number of carbonyl (C=O) groups is 1. The number of amides is 1. The second kappa shape index (κ2) is 7.27. The Labute approximate surface area is 148 Å². The minimum absolute atomic E-state index is 0.116. The van der Waals surface area contributed by atoms with Crippen molar-refractivity contribution in [2.45, 2.75) is 18.9 Å². The van der Waals surface area contributed by atoms with E-state index in [1.807, 2.05) is 46.1 Å². The fourth-order valence-electron chi connectivity index (χ4n) is 3.67. The van der Waals surface area contributed by atoms with Gasteiger partial charge in [0.15, 0.2) is 0 Å². The number of likely N-dealkylation sites (tertiary alicyclic amines) is 1. The van der Waals surface area contributed by atoms with E-state index in [2.05, 4.69) is 10.00 Å². The maximum Gasteiger partial charge on any atom is 0.253 e. The van der Waals surface area contributed by atoms with Gasteiger partial charge in [-0.3, -0.25) is 9.48 Å². The monoisotopic (exact) mass is 340 g/mol. The summed E-state index contributed by atoms with van der Waals surface area (Å²) in [6.45, 7) is 4.90. The lowest BCUT2D eigenvalue weighted by atomic mass is 10.0. The molecule has 2 aliphatic heterocycles. The fraction of sp³-hybridized carbons (Fsp3) is 0.474. The minimum Gasteiger partial charge on any atom is -0.378 e. The van der Waals surface area contributed by atoms with Gasteiger partial charge in [-0.1, -0.05) is 0 Å². The number of hydrogen-bond donors (Lipinski definition) is 0. The Kier molecular flexibility index (Phi) is 4.70. The Bertz CT molecular complexity index is 693. The lowest BCUT2D eigenvalue weighted by Gasteiger charge is -2.33. The van der Waals surface area contributed by atoms with Gasteiger partial charge in [0.2, 0.25) is 0 Å². The third kappa shape index (κ3) is 3.54. The summed E-state index contributed by atoms with van der Waals surface area (Å²) in [5, 5.41) is 4.33. The van der Waals surface area contributed by atoms with Crippen molar-refractivity contribution in [3.8, 4) is 0 Å². The first kappa shape index (κ1) is 16.1. The van der Waals surface area contributed by atoms with Crippen molar-refractivity contribution < 1.29 is 9.53 Å². The van der Waals surface area contributed by atoms with Crippen LogP contribution in [0.2, 0.25) is 0 Å². The highest BCUT2D eigenvalue weighted by molar-refractivity contribution is 5.94. The average Bonchev–Trinajstić information content (AvgIpc) is 3.23. The summed E-state index contributed by atoms with van der Waals surface area (Å²) in [6, 6.07) is 10.2. The Morgan fingerprint density at radius 3 is 2.64 bits per heavy atom. The molecule has 2 fully saturated rings. The molecule has 2 aliphatic rings. The molecule has 3 heterocycles. The number of benzene rings is 1. The maximum atomic E-state index is 12.9. The van der Waals surface area contributed by atoms with Gasteiger partial charge in [-0.15, -0.1) is 0 Å². The molecular formula is C19H24N4O2. The largest absolute Gasteiger partial charge is 0.378 e. The van der Waals surface area contributed by atoms with E-state index in [9.17, 15) is 4.79 Å². The summed E-state index contributed by atoms with van der Waals surface area (Å²) < 4.78 is 7.37. The van der Waals surface area contributed by atoms with Crippen molar-refractivity contribution in [3.63, 3.8) is 0 Å². The number of rotatable bonds is 3. The second-order valence-corrected chi connectivity index (χ2v) is 6.68. The zero-order chi connectivity index (χ0) is 17.1. The molecule has 0 aliphatic carbocycles. The van der Waals surface area contributed by atoms with Crippen LogP contribution in [0.25, 0.3) is 0 Å². The molecule has 0 spiro atoms. The van der Waals surface area contributed by atoms with Gasteiger partial charge in [-0.05, 0) is 43.2 Å². The van der Waals surface area contributed by atoms with Gasteiger partial charge in [0.05, 0.1) is 19.3 Å². The van der Waals surface area contributed by atoms with E-state index in [1.54, 1.807) is 6.20 Å². The predicted octanol–water partition coefficient (Wildman–Crippen LogP) is 2.20. The molecule has 0 bridgehead atoms. The summed E-state index contributed by atoms with van der Waals surface area (Å²) in [5.74, 6) is 0.116. The van der Waals surface area contributed by atoms with Crippen LogP contribution in [-0.2, 0) is 4.74 Å². The number of piperidine rings is 1. The predicted molar refractivity (Wildman–Crippen MR) is 95.9 cm³/mol. The van der Waals surface area contributed by atoms with Crippen LogP contribution in [0, 0.1) is 0 Å². The van der Waals surface area contributed by atoms with E-state index in [4.69, 9.17) is 4.74 Å². The number of ether oxygens (including phenoxy) is 1. The SMILES string of the molecule is O=C(c1ccc(N2CCOCC2)cc1)N1CCC[C@@H](n2cccn2)C1. The first-order valence-electron chi connectivity index (χ1n) is 9.02. The van der Waals surface area contributed by atoms with Crippen LogP contribution in [0.3, 0.4) is 0 Å². The van der Waals surface area contributed by atoms with E-state index in [-0.39, 0.29) is 11.9 Å². The highest BCUT2D eigenvalue weighted by Crippen LogP contribution is 2.23. The van der Waals surface area contributed by atoms with Gasteiger partial charge in [-0.25, -0.2) is 0 Å². The molecule has 4 rings (SSSR count). The van der Waals surface area contributed by atoms with Crippen molar-refractivity contribution in [1.29, 1.82) is 0 Å². The van der Waals surface area contributed by atoms with E-state index in [1.165, 1.54) is 0 Å². The smallest absolute Gasteiger partial charge is 0.253 e. The molecule has 132 valence electrons. The summed E-state index contributed by atoms with van der Waals surface area (Å²) >= 11 is 0. The van der Waals surface area contributed by atoms with Crippen LogP contribution in [0.1, 0.15) is 29.2 Å². The summed E-state index contributed by atoms with van der Waals surface area (Å²) in [7, 11) is 0. The van der Waals surface area contributed by atoms with Crippen LogP contribution in [0.5, 0.6) is 0 Å². The van der Waals surface area contributed by atoms with Gasteiger partial charge in [0, 0.05) is 49.8 Å². The van der Waals surface area contributed by atoms with E-state index >= 15 is 0 Å². The molecular weight excluding hydrogens is 316 g/mol.